The third-order valence-corrected chi connectivity index (χ3v) is 5.09. The van der Waals surface area contributed by atoms with Crippen molar-refractivity contribution in [2.45, 2.75) is 26.5 Å². The summed E-state index contributed by atoms with van der Waals surface area (Å²) in [6.45, 7) is 3.09. The van der Waals surface area contributed by atoms with E-state index in [0.29, 0.717) is 18.9 Å². The SMILES string of the molecule is Cc1cccc(OCc2nc(CC(=O)NCc3ccc4c(c3)OCO4)cs2)c1. The Morgan fingerprint density at radius 1 is 1.21 bits per heavy atom. The highest BCUT2D eigenvalue weighted by Crippen LogP contribution is 2.32. The van der Waals surface area contributed by atoms with Crippen LogP contribution < -0.4 is 19.5 Å². The molecule has 0 radical (unpaired) electrons. The highest BCUT2D eigenvalue weighted by molar-refractivity contribution is 7.09. The van der Waals surface area contributed by atoms with Gasteiger partial charge in [0.1, 0.15) is 17.4 Å². The number of carbonyl (C=O) groups is 1. The molecule has 2 aromatic carbocycles. The Labute approximate surface area is 167 Å². The second kappa shape index (κ2) is 8.31. The van der Waals surface area contributed by atoms with E-state index in [9.17, 15) is 4.79 Å². The van der Waals surface area contributed by atoms with Crippen molar-refractivity contribution in [3.63, 3.8) is 0 Å². The number of aromatic nitrogens is 1. The Balaban J connectivity index is 1.25. The number of nitrogens with zero attached hydrogens (tertiary/aromatic N) is 1. The molecule has 6 nitrogen and oxygen atoms in total. The monoisotopic (exact) mass is 396 g/mol. The minimum absolute atomic E-state index is 0.0749. The predicted octanol–water partition coefficient (Wildman–Crippen LogP) is 3.62. The Kier molecular flexibility index (Phi) is 5.43. The average molecular weight is 396 g/mol. The normalized spacial score (nSPS) is 12.0. The third-order valence-electron chi connectivity index (χ3n) is 4.22. The van der Waals surface area contributed by atoms with Crippen LogP contribution in [0.2, 0.25) is 0 Å². The molecule has 0 bridgehead atoms. The van der Waals surface area contributed by atoms with Gasteiger partial charge in [0.05, 0.1) is 12.1 Å². The first-order chi connectivity index (χ1) is 13.7. The van der Waals surface area contributed by atoms with Crippen LogP contribution in [-0.4, -0.2) is 17.7 Å². The van der Waals surface area contributed by atoms with Crippen molar-refractivity contribution < 1.29 is 19.0 Å². The first-order valence-corrected chi connectivity index (χ1v) is 9.82. The molecule has 0 saturated carbocycles. The first kappa shape index (κ1) is 18.3. The van der Waals surface area contributed by atoms with E-state index in [2.05, 4.69) is 10.3 Å². The molecule has 0 spiro atoms. The maximum atomic E-state index is 12.2. The van der Waals surface area contributed by atoms with Gasteiger partial charge in [-0.1, -0.05) is 18.2 Å². The first-order valence-electron chi connectivity index (χ1n) is 8.94. The Morgan fingerprint density at radius 3 is 3.00 bits per heavy atom. The van der Waals surface area contributed by atoms with E-state index >= 15 is 0 Å². The molecule has 28 heavy (non-hydrogen) atoms. The quantitative estimate of drug-likeness (QED) is 0.661. The fourth-order valence-corrected chi connectivity index (χ4v) is 3.53. The number of hydrogen-bond donors (Lipinski definition) is 1. The minimum Gasteiger partial charge on any atom is -0.486 e. The summed E-state index contributed by atoms with van der Waals surface area (Å²) in [6, 6.07) is 13.5. The van der Waals surface area contributed by atoms with E-state index in [1.54, 1.807) is 0 Å². The van der Waals surface area contributed by atoms with Gasteiger partial charge in [-0.15, -0.1) is 11.3 Å². The molecule has 1 aliphatic heterocycles. The van der Waals surface area contributed by atoms with Crippen LogP contribution in [0.5, 0.6) is 17.2 Å². The Bertz CT molecular complexity index is 986. The maximum absolute atomic E-state index is 12.2. The number of hydrogen-bond acceptors (Lipinski definition) is 6. The molecule has 0 aliphatic carbocycles. The molecule has 2 heterocycles. The van der Waals surface area contributed by atoms with Gasteiger partial charge in [-0.25, -0.2) is 4.98 Å². The van der Waals surface area contributed by atoms with Gasteiger partial charge in [-0.05, 0) is 42.3 Å². The number of nitrogens with one attached hydrogen (secondary N) is 1. The molecular weight excluding hydrogens is 376 g/mol. The van der Waals surface area contributed by atoms with Crippen LogP contribution >= 0.6 is 11.3 Å². The van der Waals surface area contributed by atoms with Crippen molar-refractivity contribution in [2.75, 3.05) is 6.79 Å². The molecule has 3 aromatic rings. The van der Waals surface area contributed by atoms with Crippen molar-refractivity contribution in [1.82, 2.24) is 10.3 Å². The van der Waals surface area contributed by atoms with E-state index in [-0.39, 0.29) is 19.1 Å². The van der Waals surface area contributed by atoms with Crippen molar-refractivity contribution in [2.24, 2.45) is 0 Å². The maximum Gasteiger partial charge on any atom is 0.231 e. The molecule has 7 heteroatoms. The van der Waals surface area contributed by atoms with Gasteiger partial charge in [0.25, 0.3) is 0 Å². The van der Waals surface area contributed by atoms with Crippen LogP contribution in [0.1, 0.15) is 21.8 Å². The summed E-state index contributed by atoms with van der Waals surface area (Å²) < 4.78 is 16.4. The second-order valence-corrected chi connectivity index (χ2v) is 7.42. The molecule has 4 rings (SSSR count). The smallest absolute Gasteiger partial charge is 0.231 e. The fourth-order valence-electron chi connectivity index (χ4n) is 2.83. The molecule has 1 N–H and O–H groups in total. The Morgan fingerprint density at radius 2 is 2.11 bits per heavy atom. The van der Waals surface area contributed by atoms with Crippen LogP contribution in [0.25, 0.3) is 0 Å². The van der Waals surface area contributed by atoms with E-state index < -0.39 is 0 Å². The van der Waals surface area contributed by atoms with Crippen LogP contribution in [0.3, 0.4) is 0 Å². The van der Waals surface area contributed by atoms with Crippen molar-refractivity contribution in [1.29, 1.82) is 0 Å². The molecule has 1 amide bonds. The molecule has 1 aliphatic rings. The minimum atomic E-state index is -0.0749. The summed E-state index contributed by atoms with van der Waals surface area (Å²) in [4.78, 5) is 16.7. The van der Waals surface area contributed by atoms with E-state index in [1.165, 1.54) is 11.3 Å². The summed E-state index contributed by atoms with van der Waals surface area (Å²) in [5.74, 6) is 2.19. The number of thiazole rings is 1. The van der Waals surface area contributed by atoms with Crippen molar-refractivity contribution >= 4 is 17.2 Å². The van der Waals surface area contributed by atoms with Crippen molar-refractivity contribution in [3.05, 3.63) is 69.7 Å². The average Bonchev–Trinajstić information content (AvgIpc) is 3.33. The fraction of sp³-hybridized carbons (Fsp3) is 0.238. The highest BCUT2D eigenvalue weighted by atomic mass is 32.1. The summed E-state index contributed by atoms with van der Waals surface area (Å²) in [7, 11) is 0. The number of amides is 1. The molecule has 1 aromatic heterocycles. The van der Waals surface area contributed by atoms with Crippen LogP contribution in [-0.2, 0) is 24.4 Å². The summed E-state index contributed by atoms with van der Waals surface area (Å²) >= 11 is 1.50. The third kappa shape index (κ3) is 4.61. The van der Waals surface area contributed by atoms with Crippen LogP contribution in [0.4, 0.5) is 0 Å². The number of aryl methyl sites for hydroxylation is 1. The lowest BCUT2D eigenvalue weighted by molar-refractivity contribution is -0.120. The van der Waals surface area contributed by atoms with Gasteiger partial charge >= 0.3 is 0 Å². The molecule has 144 valence electrons. The number of fused-ring (bicyclic) bond motifs is 1. The van der Waals surface area contributed by atoms with E-state index in [4.69, 9.17) is 14.2 Å². The number of benzene rings is 2. The highest BCUT2D eigenvalue weighted by Gasteiger charge is 2.14. The molecule has 0 saturated heterocycles. The summed E-state index contributed by atoms with van der Waals surface area (Å²) in [6.07, 6.45) is 0.242. The lowest BCUT2D eigenvalue weighted by Crippen LogP contribution is -2.24. The number of rotatable bonds is 7. The van der Waals surface area contributed by atoms with Gasteiger partial charge < -0.3 is 19.5 Å². The zero-order chi connectivity index (χ0) is 19.3. The largest absolute Gasteiger partial charge is 0.486 e. The van der Waals surface area contributed by atoms with Crippen LogP contribution in [0, 0.1) is 6.92 Å². The number of carbonyl (C=O) groups excluding carboxylic acids is 1. The van der Waals surface area contributed by atoms with E-state index in [1.807, 2.05) is 54.8 Å². The molecular formula is C21H20N2O4S. The standard InChI is InChI=1S/C21H20N2O4S/c1-14-3-2-4-17(7-14)25-11-21-23-16(12-28-21)9-20(24)22-10-15-5-6-18-19(8-15)27-13-26-18/h2-8,12H,9-11,13H2,1H3,(H,22,24). The topological polar surface area (TPSA) is 69.7 Å². The van der Waals surface area contributed by atoms with Gasteiger partial charge in [-0.3, -0.25) is 4.79 Å². The molecule has 0 atom stereocenters. The second-order valence-electron chi connectivity index (χ2n) is 6.48. The number of ether oxygens (including phenoxy) is 3. The Hall–Kier alpha value is -3.06. The van der Waals surface area contributed by atoms with Gasteiger partial charge in [0.15, 0.2) is 11.5 Å². The zero-order valence-electron chi connectivity index (χ0n) is 15.4. The van der Waals surface area contributed by atoms with Gasteiger partial charge in [0, 0.05) is 11.9 Å². The van der Waals surface area contributed by atoms with Gasteiger partial charge in [0.2, 0.25) is 12.7 Å². The van der Waals surface area contributed by atoms with Crippen LogP contribution in [0.15, 0.2) is 47.8 Å². The lowest BCUT2D eigenvalue weighted by Gasteiger charge is -2.06. The van der Waals surface area contributed by atoms with Crippen molar-refractivity contribution in [3.8, 4) is 17.2 Å². The summed E-state index contributed by atoms with van der Waals surface area (Å²) in [5, 5.41) is 5.66. The zero-order valence-corrected chi connectivity index (χ0v) is 16.3. The lowest BCUT2D eigenvalue weighted by atomic mass is 10.2. The molecule has 0 fully saturated rings. The van der Waals surface area contributed by atoms with E-state index in [0.717, 1.165) is 33.3 Å². The van der Waals surface area contributed by atoms with Gasteiger partial charge in [-0.2, -0.15) is 0 Å². The summed E-state index contributed by atoms with van der Waals surface area (Å²) in [5.41, 5.74) is 2.86. The predicted molar refractivity (Wildman–Crippen MR) is 106 cm³/mol. The molecule has 0 unspecified atom stereocenters.